The van der Waals surface area contributed by atoms with Gasteiger partial charge in [-0.3, -0.25) is 4.79 Å². The van der Waals surface area contributed by atoms with E-state index in [1.165, 1.54) is 0 Å². The Labute approximate surface area is 127 Å². The molecule has 3 nitrogen and oxygen atoms in total. The van der Waals surface area contributed by atoms with E-state index in [0.29, 0.717) is 16.6 Å². The Kier molecular flexibility index (Phi) is 5.27. The number of carbonyl (C=O) groups is 1. The second-order valence-corrected chi connectivity index (χ2v) is 5.02. The molecule has 5 heteroatoms. The summed E-state index contributed by atoms with van der Waals surface area (Å²) >= 11 is 12.0. The van der Waals surface area contributed by atoms with Crippen LogP contribution in [0.25, 0.3) is 0 Å². The summed E-state index contributed by atoms with van der Waals surface area (Å²) in [6.07, 6.45) is 0. The van der Waals surface area contributed by atoms with E-state index >= 15 is 0 Å². The summed E-state index contributed by atoms with van der Waals surface area (Å²) in [4.78, 5) is 11.8. The Morgan fingerprint density at radius 2 is 1.60 bits per heavy atom. The number of hydrogen-bond donors (Lipinski definition) is 2. The number of hydrogen-bond acceptors (Lipinski definition) is 2. The number of halogens is 2. The number of rotatable bonds is 5. The average molecular weight is 309 g/mol. The van der Waals surface area contributed by atoms with Crippen molar-refractivity contribution in [1.29, 1.82) is 0 Å². The molecule has 0 radical (unpaired) electrons. The van der Waals surface area contributed by atoms with Gasteiger partial charge in [0.25, 0.3) is 0 Å². The monoisotopic (exact) mass is 308 g/mol. The van der Waals surface area contributed by atoms with E-state index < -0.39 is 0 Å². The van der Waals surface area contributed by atoms with Gasteiger partial charge < -0.3 is 10.6 Å². The molecule has 2 N–H and O–H groups in total. The first-order chi connectivity index (χ1) is 9.66. The van der Waals surface area contributed by atoms with Crippen LogP contribution >= 0.6 is 23.2 Å². The molecule has 104 valence electrons. The van der Waals surface area contributed by atoms with Crippen molar-refractivity contribution < 1.29 is 4.79 Å². The van der Waals surface area contributed by atoms with Crippen LogP contribution in [0.4, 0.5) is 5.69 Å². The zero-order valence-electron chi connectivity index (χ0n) is 10.7. The molecule has 0 aromatic heterocycles. The molecule has 0 aliphatic rings. The minimum Gasteiger partial charge on any atom is -0.375 e. The van der Waals surface area contributed by atoms with Gasteiger partial charge in [-0.1, -0.05) is 53.5 Å². The van der Waals surface area contributed by atoms with Crippen LogP contribution in [0.1, 0.15) is 5.56 Å². The fraction of sp³-hybridized carbons (Fsp3) is 0.133. The van der Waals surface area contributed by atoms with Crippen molar-refractivity contribution in [1.82, 2.24) is 5.32 Å². The summed E-state index contributed by atoms with van der Waals surface area (Å²) in [5.41, 5.74) is 1.63. The van der Waals surface area contributed by atoms with Gasteiger partial charge in [-0.2, -0.15) is 0 Å². The third-order valence-electron chi connectivity index (χ3n) is 2.75. The topological polar surface area (TPSA) is 41.1 Å². The van der Waals surface area contributed by atoms with Crippen LogP contribution < -0.4 is 10.6 Å². The van der Waals surface area contributed by atoms with Crippen LogP contribution in [0.5, 0.6) is 0 Å². The van der Waals surface area contributed by atoms with Gasteiger partial charge in [-0.05, 0) is 23.8 Å². The number of anilines is 1. The summed E-state index contributed by atoms with van der Waals surface area (Å²) in [5, 5.41) is 7.02. The number of para-hydroxylation sites is 1. The van der Waals surface area contributed by atoms with E-state index in [2.05, 4.69) is 10.6 Å². The van der Waals surface area contributed by atoms with E-state index in [1.54, 1.807) is 12.1 Å². The molecular weight excluding hydrogens is 295 g/mol. The van der Waals surface area contributed by atoms with Crippen LogP contribution in [0.15, 0.2) is 48.5 Å². The molecule has 2 aromatic rings. The average Bonchev–Trinajstić information content (AvgIpc) is 2.45. The maximum absolute atomic E-state index is 11.8. The van der Waals surface area contributed by atoms with Crippen molar-refractivity contribution >= 4 is 34.8 Å². The van der Waals surface area contributed by atoms with E-state index in [0.717, 1.165) is 11.3 Å². The highest BCUT2D eigenvalue weighted by Gasteiger charge is 2.04. The first-order valence-corrected chi connectivity index (χ1v) is 6.91. The minimum atomic E-state index is -0.121. The summed E-state index contributed by atoms with van der Waals surface area (Å²) in [6.45, 7) is 0.566. The minimum absolute atomic E-state index is 0.121. The lowest BCUT2D eigenvalue weighted by Gasteiger charge is -2.09. The van der Waals surface area contributed by atoms with Crippen molar-refractivity contribution in [2.75, 3.05) is 11.9 Å². The molecule has 0 aliphatic heterocycles. The standard InChI is InChI=1S/C15H14Cl2N2O/c16-12-6-2-1-5-11(12)9-19-15(20)10-18-14-8-4-3-7-13(14)17/h1-8,18H,9-10H2,(H,19,20). The molecular formula is C15H14Cl2N2O. The van der Waals surface area contributed by atoms with Gasteiger partial charge in [0, 0.05) is 11.6 Å². The number of benzene rings is 2. The number of amides is 1. The molecule has 2 aromatic carbocycles. The maximum Gasteiger partial charge on any atom is 0.239 e. The molecule has 0 aliphatic carbocycles. The summed E-state index contributed by atoms with van der Waals surface area (Å²) in [5.74, 6) is -0.121. The lowest BCUT2D eigenvalue weighted by Crippen LogP contribution is -2.29. The number of carbonyl (C=O) groups excluding carboxylic acids is 1. The fourth-order valence-electron chi connectivity index (χ4n) is 1.68. The molecule has 0 saturated heterocycles. The predicted molar refractivity (Wildman–Crippen MR) is 83.2 cm³/mol. The van der Waals surface area contributed by atoms with Crippen molar-refractivity contribution in [2.45, 2.75) is 6.54 Å². The molecule has 20 heavy (non-hydrogen) atoms. The molecule has 0 atom stereocenters. The van der Waals surface area contributed by atoms with E-state index in [4.69, 9.17) is 23.2 Å². The highest BCUT2D eigenvalue weighted by Crippen LogP contribution is 2.19. The zero-order valence-corrected chi connectivity index (χ0v) is 12.2. The Hall–Kier alpha value is -1.71. The smallest absolute Gasteiger partial charge is 0.239 e. The second-order valence-electron chi connectivity index (χ2n) is 4.20. The Morgan fingerprint density at radius 3 is 2.30 bits per heavy atom. The molecule has 1 amide bonds. The van der Waals surface area contributed by atoms with Crippen LogP contribution in [0, 0.1) is 0 Å². The third kappa shape index (κ3) is 4.15. The van der Waals surface area contributed by atoms with E-state index in [9.17, 15) is 4.79 Å². The SMILES string of the molecule is O=C(CNc1ccccc1Cl)NCc1ccccc1Cl. The van der Waals surface area contributed by atoms with Gasteiger partial charge in [0.2, 0.25) is 5.91 Å². The zero-order chi connectivity index (χ0) is 14.4. The van der Waals surface area contributed by atoms with Crippen LogP contribution in [-0.4, -0.2) is 12.5 Å². The molecule has 0 spiro atoms. The summed E-state index contributed by atoms with van der Waals surface area (Å²) in [7, 11) is 0. The largest absolute Gasteiger partial charge is 0.375 e. The third-order valence-corrected chi connectivity index (χ3v) is 3.45. The van der Waals surface area contributed by atoms with Crippen LogP contribution in [0.3, 0.4) is 0 Å². The van der Waals surface area contributed by atoms with Crippen molar-refractivity contribution in [3.8, 4) is 0 Å². The molecule has 0 heterocycles. The first kappa shape index (κ1) is 14.7. The maximum atomic E-state index is 11.8. The molecule has 0 bridgehead atoms. The van der Waals surface area contributed by atoms with Gasteiger partial charge in [0.1, 0.15) is 0 Å². The lowest BCUT2D eigenvalue weighted by atomic mass is 10.2. The van der Waals surface area contributed by atoms with Crippen molar-refractivity contribution in [3.63, 3.8) is 0 Å². The molecule has 0 fully saturated rings. The fourth-order valence-corrected chi connectivity index (χ4v) is 2.08. The van der Waals surface area contributed by atoms with E-state index in [-0.39, 0.29) is 12.5 Å². The summed E-state index contributed by atoms with van der Waals surface area (Å²) in [6, 6.07) is 14.7. The lowest BCUT2D eigenvalue weighted by molar-refractivity contribution is -0.119. The Bertz CT molecular complexity index is 550. The van der Waals surface area contributed by atoms with Crippen molar-refractivity contribution in [3.05, 3.63) is 64.1 Å². The van der Waals surface area contributed by atoms with Gasteiger partial charge >= 0.3 is 0 Å². The highest BCUT2D eigenvalue weighted by atomic mass is 35.5. The molecule has 0 unspecified atom stereocenters. The molecule has 2 rings (SSSR count). The van der Waals surface area contributed by atoms with Gasteiger partial charge in [-0.15, -0.1) is 0 Å². The second kappa shape index (κ2) is 7.17. The molecule has 0 saturated carbocycles. The van der Waals surface area contributed by atoms with Crippen LogP contribution in [-0.2, 0) is 11.3 Å². The van der Waals surface area contributed by atoms with Crippen molar-refractivity contribution in [2.24, 2.45) is 0 Å². The normalized spacial score (nSPS) is 10.1. The Balaban J connectivity index is 1.82. The first-order valence-electron chi connectivity index (χ1n) is 6.15. The number of nitrogens with one attached hydrogen (secondary N) is 2. The summed E-state index contributed by atoms with van der Waals surface area (Å²) < 4.78 is 0. The van der Waals surface area contributed by atoms with Gasteiger partial charge in [-0.25, -0.2) is 0 Å². The highest BCUT2D eigenvalue weighted by molar-refractivity contribution is 6.33. The predicted octanol–water partition coefficient (Wildman–Crippen LogP) is 3.72. The van der Waals surface area contributed by atoms with Gasteiger partial charge in [0.05, 0.1) is 17.3 Å². The van der Waals surface area contributed by atoms with Gasteiger partial charge in [0.15, 0.2) is 0 Å². The Morgan fingerprint density at radius 1 is 0.950 bits per heavy atom. The van der Waals surface area contributed by atoms with Crippen LogP contribution in [0.2, 0.25) is 10.0 Å². The van der Waals surface area contributed by atoms with E-state index in [1.807, 2.05) is 36.4 Å². The quantitative estimate of drug-likeness (QED) is 0.884.